The minimum Gasteiger partial charge on any atom is -0.462 e. The van der Waals surface area contributed by atoms with Crippen molar-refractivity contribution in [2.75, 3.05) is 19.8 Å². The Labute approximate surface area is 117 Å². The highest BCUT2D eigenvalue weighted by Crippen LogP contribution is 2.16. The zero-order valence-electron chi connectivity index (χ0n) is 10.9. The van der Waals surface area contributed by atoms with Gasteiger partial charge in [-0.05, 0) is 37.0 Å². The van der Waals surface area contributed by atoms with Crippen molar-refractivity contribution in [1.29, 1.82) is 0 Å². The number of sulfonamides is 1. The Morgan fingerprint density at radius 3 is 2.70 bits per heavy atom. The molecule has 2 N–H and O–H groups in total. The van der Waals surface area contributed by atoms with Crippen LogP contribution >= 0.6 is 0 Å². The van der Waals surface area contributed by atoms with Gasteiger partial charge in [-0.1, -0.05) is 6.07 Å². The molecule has 0 spiro atoms. The van der Waals surface area contributed by atoms with E-state index in [1.54, 1.807) is 0 Å². The predicted molar refractivity (Wildman–Crippen MR) is 71.6 cm³/mol. The van der Waals surface area contributed by atoms with Crippen molar-refractivity contribution >= 4 is 16.0 Å². The van der Waals surface area contributed by atoms with Crippen LogP contribution in [0.1, 0.15) is 23.2 Å². The first-order valence-corrected chi connectivity index (χ1v) is 7.89. The van der Waals surface area contributed by atoms with Crippen LogP contribution in [-0.2, 0) is 19.5 Å². The number of ether oxygens (including phenoxy) is 2. The molecule has 1 fully saturated rings. The summed E-state index contributed by atoms with van der Waals surface area (Å²) in [7, 11) is -3.82. The molecule has 1 aromatic rings. The minimum absolute atomic E-state index is 0.0991. The van der Waals surface area contributed by atoms with Crippen LogP contribution < -0.4 is 5.14 Å². The molecule has 20 heavy (non-hydrogen) atoms. The van der Waals surface area contributed by atoms with Gasteiger partial charge in [0.1, 0.15) is 0 Å². The number of nitrogens with two attached hydrogens (primary N) is 1. The van der Waals surface area contributed by atoms with E-state index < -0.39 is 16.0 Å². The normalized spacial score (nSPS) is 16.9. The van der Waals surface area contributed by atoms with Crippen molar-refractivity contribution in [3.63, 3.8) is 0 Å². The van der Waals surface area contributed by atoms with E-state index in [4.69, 9.17) is 14.6 Å². The van der Waals surface area contributed by atoms with Gasteiger partial charge in [-0.15, -0.1) is 0 Å². The van der Waals surface area contributed by atoms with Gasteiger partial charge in [0.15, 0.2) is 0 Å². The lowest BCUT2D eigenvalue weighted by Crippen LogP contribution is -2.22. The van der Waals surface area contributed by atoms with Crippen molar-refractivity contribution < 1.29 is 22.7 Å². The van der Waals surface area contributed by atoms with Gasteiger partial charge >= 0.3 is 5.97 Å². The van der Waals surface area contributed by atoms with E-state index in [0.29, 0.717) is 25.7 Å². The Morgan fingerprint density at radius 2 is 2.05 bits per heavy atom. The number of hydrogen-bond acceptors (Lipinski definition) is 5. The van der Waals surface area contributed by atoms with E-state index in [1.807, 2.05) is 0 Å². The Hall–Kier alpha value is -1.44. The third-order valence-corrected chi connectivity index (χ3v) is 4.10. The Balaban J connectivity index is 1.98. The van der Waals surface area contributed by atoms with E-state index in [2.05, 4.69) is 0 Å². The molecule has 110 valence electrons. The third kappa shape index (κ3) is 4.03. The molecule has 1 aliphatic heterocycles. The van der Waals surface area contributed by atoms with Crippen LogP contribution in [0, 0.1) is 5.92 Å². The monoisotopic (exact) mass is 299 g/mol. The van der Waals surface area contributed by atoms with Gasteiger partial charge in [0.05, 0.1) is 17.1 Å². The maximum absolute atomic E-state index is 11.9. The fraction of sp³-hybridized carbons (Fsp3) is 0.462. The number of carbonyl (C=O) groups excluding carboxylic acids is 1. The van der Waals surface area contributed by atoms with Crippen molar-refractivity contribution in [2.45, 2.75) is 17.7 Å². The van der Waals surface area contributed by atoms with Gasteiger partial charge in [-0.2, -0.15) is 0 Å². The molecule has 6 nitrogen and oxygen atoms in total. The van der Waals surface area contributed by atoms with Gasteiger partial charge < -0.3 is 9.47 Å². The molecular weight excluding hydrogens is 282 g/mol. The van der Waals surface area contributed by atoms with Gasteiger partial charge in [-0.3, -0.25) is 0 Å². The van der Waals surface area contributed by atoms with Crippen LogP contribution in [0.15, 0.2) is 29.2 Å². The van der Waals surface area contributed by atoms with Gasteiger partial charge in [-0.25, -0.2) is 18.4 Å². The Kier molecular flexibility index (Phi) is 4.74. The van der Waals surface area contributed by atoms with Crippen LogP contribution in [0.5, 0.6) is 0 Å². The average molecular weight is 299 g/mol. The SMILES string of the molecule is NS(=O)(=O)c1cccc(C(=O)OCC2CCOCC2)c1. The van der Waals surface area contributed by atoms with E-state index in [9.17, 15) is 13.2 Å². The zero-order valence-corrected chi connectivity index (χ0v) is 11.8. The molecule has 0 radical (unpaired) electrons. The largest absolute Gasteiger partial charge is 0.462 e. The summed E-state index contributed by atoms with van der Waals surface area (Å²) in [6, 6.07) is 5.53. The zero-order chi connectivity index (χ0) is 14.6. The molecule has 7 heteroatoms. The van der Waals surface area contributed by atoms with Crippen LogP contribution in [0.3, 0.4) is 0 Å². The number of esters is 1. The summed E-state index contributed by atoms with van der Waals surface area (Å²) in [5.74, 6) is -0.240. The molecule has 1 aliphatic rings. The summed E-state index contributed by atoms with van der Waals surface area (Å²) in [6.07, 6.45) is 1.73. The second-order valence-corrected chi connectivity index (χ2v) is 6.29. The molecule has 0 aromatic heterocycles. The van der Waals surface area contributed by atoms with Crippen molar-refractivity contribution in [1.82, 2.24) is 0 Å². The van der Waals surface area contributed by atoms with E-state index >= 15 is 0 Å². The maximum atomic E-state index is 11.9. The Bertz CT molecular complexity index is 578. The van der Waals surface area contributed by atoms with Gasteiger partial charge in [0.25, 0.3) is 0 Å². The lowest BCUT2D eigenvalue weighted by Gasteiger charge is -2.21. The van der Waals surface area contributed by atoms with Crippen LogP contribution in [-0.4, -0.2) is 34.2 Å². The molecule has 1 aromatic carbocycles. The lowest BCUT2D eigenvalue weighted by atomic mass is 10.0. The van der Waals surface area contributed by atoms with Crippen molar-refractivity contribution in [3.05, 3.63) is 29.8 Å². The standard InChI is InChI=1S/C13H17NO5S/c14-20(16,17)12-3-1-2-11(8-12)13(15)19-9-10-4-6-18-7-5-10/h1-3,8,10H,4-7,9H2,(H2,14,16,17). The maximum Gasteiger partial charge on any atom is 0.338 e. The molecule has 0 unspecified atom stereocenters. The van der Waals surface area contributed by atoms with Crippen molar-refractivity contribution in [3.8, 4) is 0 Å². The summed E-state index contributed by atoms with van der Waals surface area (Å²) in [4.78, 5) is 11.8. The second-order valence-electron chi connectivity index (χ2n) is 4.73. The summed E-state index contributed by atoms with van der Waals surface area (Å²) in [5, 5.41) is 5.02. The number of rotatable bonds is 4. The topological polar surface area (TPSA) is 95.7 Å². The number of benzene rings is 1. The summed E-state index contributed by atoms with van der Waals surface area (Å²) in [5.41, 5.74) is 0.184. The highest BCUT2D eigenvalue weighted by molar-refractivity contribution is 7.89. The third-order valence-electron chi connectivity index (χ3n) is 3.19. The van der Waals surface area contributed by atoms with E-state index in [0.717, 1.165) is 12.8 Å². The summed E-state index contributed by atoms with van der Waals surface area (Å²) < 4.78 is 32.9. The number of hydrogen-bond donors (Lipinski definition) is 1. The lowest BCUT2D eigenvalue weighted by molar-refractivity contribution is 0.0185. The van der Waals surface area contributed by atoms with Crippen LogP contribution in [0.2, 0.25) is 0 Å². The van der Waals surface area contributed by atoms with Crippen molar-refractivity contribution in [2.24, 2.45) is 11.1 Å². The highest BCUT2D eigenvalue weighted by Gasteiger charge is 2.17. The van der Waals surface area contributed by atoms with Gasteiger partial charge in [0, 0.05) is 13.2 Å². The quantitative estimate of drug-likeness (QED) is 0.834. The molecule has 0 amide bonds. The Morgan fingerprint density at radius 1 is 1.35 bits per heavy atom. The molecule has 0 saturated carbocycles. The average Bonchev–Trinajstić information content (AvgIpc) is 2.45. The molecule has 1 heterocycles. The van der Waals surface area contributed by atoms with Gasteiger partial charge in [0.2, 0.25) is 10.0 Å². The first-order valence-electron chi connectivity index (χ1n) is 6.34. The molecule has 0 atom stereocenters. The minimum atomic E-state index is -3.82. The van der Waals surface area contributed by atoms with Crippen LogP contribution in [0.4, 0.5) is 0 Å². The summed E-state index contributed by atoms with van der Waals surface area (Å²) >= 11 is 0. The van der Waals surface area contributed by atoms with E-state index in [1.165, 1.54) is 24.3 Å². The highest BCUT2D eigenvalue weighted by atomic mass is 32.2. The van der Waals surface area contributed by atoms with E-state index in [-0.39, 0.29) is 10.5 Å². The molecule has 1 saturated heterocycles. The molecule has 0 aliphatic carbocycles. The number of carbonyl (C=O) groups is 1. The van der Waals surface area contributed by atoms with Crippen LogP contribution in [0.25, 0.3) is 0 Å². The molecule has 0 bridgehead atoms. The fourth-order valence-electron chi connectivity index (χ4n) is 1.99. The smallest absolute Gasteiger partial charge is 0.338 e. The predicted octanol–water partition coefficient (Wildman–Crippen LogP) is 0.917. The number of primary sulfonamides is 1. The first-order chi connectivity index (χ1) is 9.47. The first kappa shape index (κ1) is 15.0. The second kappa shape index (κ2) is 6.34. The summed E-state index contributed by atoms with van der Waals surface area (Å²) in [6.45, 7) is 1.69. The molecular formula is C13H17NO5S. The molecule has 2 rings (SSSR count). The fourth-order valence-corrected chi connectivity index (χ4v) is 2.55.